The Bertz CT molecular complexity index is 1190. The van der Waals surface area contributed by atoms with E-state index in [4.69, 9.17) is 15.2 Å². The molecule has 0 aliphatic carbocycles. The number of methoxy groups -OCH3 is 1. The highest BCUT2D eigenvalue weighted by Gasteiger charge is 2.54. The molecule has 1 amide bonds. The molecular formula is C23H19N3O3. The summed E-state index contributed by atoms with van der Waals surface area (Å²) in [4.78, 5) is 19.5. The monoisotopic (exact) mass is 385 g/mol. The summed E-state index contributed by atoms with van der Waals surface area (Å²) in [5.74, 6) is 1.94. The number of carbonyl (C=O) groups excluding carboxylic acids is 1. The minimum atomic E-state index is -1.25. The number of ether oxygens (including phenoxy) is 2. The van der Waals surface area contributed by atoms with Gasteiger partial charge in [0.25, 0.3) is 5.91 Å². The first-order chi connectivity index (χ1) is 14.0. The van der Waals surface area contributed by atoms with E-state index >= 15 is 0 Å². The fraction of sp³-hybridized carbons (Fsp3) is 0.130. The van der Waals surface area contributed by atoms with Crippen molar-refractivity contribution in [3.8, 4) is 28.4 Å². The van der Waals surface area contributed by atoms with Crippen molar-refractivity contribution in [3.63, 3.8) is 0 Å². The first-order valence-electron chi connectivity index (χ1n) is 9.24. The molecule has 29 heavy (non-hydrogen) atoms. The zero-order valence-corrected chi connectivity index (χ0v) is 16.0. The second kappa shape index (κ2) is 6.10. The highest BCUT2D eigenvalue weighted by molar-refractivity contribution is 6.10. The molecule has 0 saturated heterocycles. The van der Waals surface area contributed by atoms with E-state index in [2.05, 4.69) is 4.99 Å². The standard InChI is InChI=1S/C23H19N3O3/c1-26-21(27)23(25-22(26)24)17-8-3-4-9-19(17)29-20-11-10-15(13-18(20)23)14-6-5-7-16(12-14)28-2/h3-13H,1-2H3,(H2,24,25). The molecule has 0 bridgehead atoms. The zero-order valence-electron chi connectivity index (χ0n) is 16.0. The van der Waals surface area contributed by atoms with Gasteiger partial charge in [-0.25, -0.2) is 4.99 Å². The topological polar surface area (TPSA) is 77.2 Å². The van der Waals surface area contributed by atoms with E-state index in [9.17, 15) is 4.79 Å². The van der Waals surface area contributed by atoms with Crippen LogP contribution in [0.2, 0.25) is 0 Å². The summed E-state index contributed by atoms with van der Waals surface area (Å²) in [6.45, 7) is 0. The molecule has 2 N–H and O–H groups in total. The fourth-order valence-corrected chi connectivity index (χ4v) is 3.99. The van der Waals surface area contributed by atoms with Crippen LogP contribution in [0.4, 0.5) is 0 Å². The molecule has 2 heterocycles. The number of amides is 1. The van der Waals surface area contributed by atoms with Gasteiger partial charge >= 0.3 is 0 Å². The predicted molar refractivity (Wildman–Crippen MR) is 110 cm³/mol. The van der Waals surface area contributed by atoms with E-state index in [1.807, 2.05) is 66.7 Å². The fourth-order valence-electron chi connectivity index (χ4n) is 3.99. The molecule has 144 valence electrons. The molecule has 2 aliphatic rings. The average Bonchev–Trinajstić information content (AvgIpc) is 2.98. The molecule has 0 aromatic heterocycles. The van der Waals surface area contributed by atoms with Crippen molar-refractivity contribution >= 4 is 11.9 Å². The molecule has 0 fully saturated rings. The number of guanidine groups is 1. The Labute approximate surface area is 168 Å². The third-order valence-corrected chi connectivity index (χ3v) is 5.51. The molecule has 3 aromatic rings. The molecule has 2 aliphatic heterocycles. The van der Waals surface area contributed by atoms with Gasteiger partial charge in [0.15, 0.2) is 5.96 Å². The quantitative estimate of drug-likeness (QED) is 0.732. The maximum Gasteiger partial charge on any atom is 0.266 e. The number of para-hydroxylation sites is 1. The van der Waals surface area contributed by atoms with E-state index in [-0.39, 0.29) is 11.9 Å². The number of nitrogens with zero attached hydrogens (tertiary/aromatic N) is 2. The van der Waals surface area contributed by atoms with Crippen LogP contribution in [0, 0.1) is 0 Å². The van der Waals surface area contributed by atoms with Crippen LogP contribution in [0.5, 0.6) is 17.2 Å². The number of likely N-dealkylation sites (N-methyl/N-ethyl adjacent to an activating group) is 1. The summed E-state index contributed by atoms with van der Waals surface area (Å²) >= 11 is 0. The lowest BCUT2D eigenvalue weighted by Crippen LogP contribution is -2.42. The van der Waals surface area contributed by atoms with Crippen molar-refractivity contribution in [2.75, 3.05) is 14.2 Å². The lowest BCUT2D eigenvalue weighted by Gasteiger charge is -2.33. The number of carbonyl (C=O) groups is 1. The van der Waals surface area contributed by atoms with E-state index in [0.717, 1.165) is 16.9 Å². The maximum atomic E-state index is 13.4. The summed E-state index contributed by atoms with van der Waals surface area (Å²) in [5.41, 5.74) is 8.08. The summed E-state index contributed by atoms with van der Waals surface area (Å²) in [7, 11) is 3.27. The van der Waals surface area contributed by atoms with Crippen LogP contribution >= 0.6 is 0 Å². The molecule has 6 nitrogen and oxygen atoms in total. The van der Waals surface area contributed by atoms with E-state index < -0.39 is 5.54 Å². The Morgan fingerprint density at radius 3 is 2.48 bits per heavy atom. The summed E-state index contributed by atoms with van der Waals surface area (Å²) < 4.78 is 11.5. The SMILES string of the molecule is COc1cccc(-c2ccc3c(c2)C2(N=C(N)N(C)C2=O)c2ccccc2O3)c1. The third kappa shape index (κ3) is 2.35. The Balaban J connectivity index is 1.77. The molecule has 5 rings (SSSR count). The van der Waals surface area contributed by atoms with Crippen molar-refractivity contribution in [2.24, 2.45) is 10.7 Å². The van der Waals surface area contributed by atoms with Gasteiger partial charge in [-0.2, -0.15) is 0 Å². The van der Waals surface area contributed by atoms with Crippen molar-refractivity contribution in [1.29, 1.82) is 0 Å². The Morgan fingerprint density at radius 2 is 1.72 bits per heavy atom. The zero-order chi connectivity index (χ0) is 20.2. The maximum absolute atomic E-state index is 13.4. The minimum Gasteiger partial charge on any atom is -0.497 e. The number of hydrogen-bond acceptors (Lipinski definition) is 5. The van der Waals surface area contributed by atoms with Gasteiger partial charge in [0, 0.05) is 18.2 Å². The Hall–Kier alpha value is -3.80. The van der Waals surface area contributed by atoms with Crippen LogP contribution in [0.25, 0.3) is 11.1 Å². The van der Waals surface area contributed by atoms with Gasteiger partial charge in [-0.05, 0) is 41.5 Å². The van der Waals surface area contributed by atoms with Gasteiger partial charge in [-0.15, -0.1) is 0 Å². The first kappa shape index (κ1) is 17.3. The number of rotatable bonds is 2. The molecule has 0 saturated carbocycles. The number of aliphatic imine (C=N–C) groups is 1. The number of benzene rings is 3. The van der Waals surface area contributed by atoms with Crippen LogP contribution in [-0.4, -0.2) is 30.9 Å². The first-order valence-corrected chi connectivity index (χ1v) is 9.24. The largest absolute Gasteiger partial charge is 0.497 e. The van der Waals surface area contributed by atoms with Crippen molar-refractivity contribution in [3.05, 3.63) is 77.9 Å². The van der Waals surface area contributed by atoms with Gasteiger partial charge < -0.3 is 15.2 Å². The summed E-state index contributed by atoms with van der Waals surface area (Å²) in [5, 5.41) is 0. The van der Waals surface area contributed by atoms with Crippen LogP contribution in [0.1, 0.15) is 11.1 Å². The van der Waals surface area contributed by atoms with Gasteiger partial charge in [0.2, 0.25) is 5.54 Å². The van der Waals surface area contributed by atoms with E-state index in [0.29, 0.717) is 22.6 Å². The van der Waals surface area contributed by atoms with Crippen molar-refractivity contribution in [2.45, 2.75) is 5.54 Å². The number of fused-ring (bicyclic) bond motifs is 4. The van der Waals surface area contributed by atoms with E-state index in [1.165, 1.54) is 4.90 Å². The average molecular weight is 385 g/mol. The molecule has 3 aromatic carbocycles. The van der Waals surface area contributed by atoms with Crippen LogP contribution < -0.4 is 15.2 Å². The highest BCUT2D eigenvalue weighted by Crippen LogP contribution is 2.52. The van der Waals surface area contributed by atoms with Crippen LogP contribution in [0.3, 0.4) is 0 Å². The number of nitrogens with two attached hydrogens (primary N) is 1. The van der Waals surface area contributed by atoms with Crippen molar-refractivity contribution < 1.29 is 14.3 Å². The second-order valence-corrected chi connectivity index (χ2v) is 7.09. The minimum absolute atomic E-state index is 0.185. The van der Waals surface area contributed by atoms with Crippen LogP contribution in [-0.2, 0) is 10.3 Å². The molecule has 1 atom stereocenters. The molecule has 1 spiro atoms. The van der Waals surface area contributed by atoms with E-state index in [1.54, 1.807) is 14.2 Å². The second-order valence-electron chi connectivity index (χ2n) is 7.09. The normalized spacial score (nSPS) is 19.4. The third-order valence-electron chi connectivity index (χ3n) is 5.51. The van der Waals surface area contributed by atoms with Gasteiger partial charge in [0.1, 0.15) is 17.2 Å². The lowest BCUT2D eigenvalue weighted by molar-refractivity contribution is -0.129. The number of hydrogen-bond donors (Lipinski definition) is 1. The van der Waals surface area contributed by atoms with Crippen molar-refractivity contribution in [1.82, 2.24) is 4.90 Å². The van der Waals surface area contributed by atoms with Crippen LogP contribution in [0.15, 0.2) is 71.7 Å². The van der Waals surface area contributed by atoms with Gasteiger partial charge in [-0.3, -0.25) is 9.69 Å². The molecule has 6 heteroatoms. The predicted octanol–water partition coefficient (Wildman–Crippen LogP) is 3.50. The summed E-state index contributed by atoms with van der Waals surface area (Å²) in [6.07, 6.45) is 0. The lowest BCUT2D eigenvalue weighted by atomic mass is 9.79. The van der Waals surface area contributed by atoms with Gasteiger partial charge in [-0.1, -0.05) is 36.4 Å². The molecule has 0 radical (unpaired) electrons. The summed E-state index contributed by atoms with van der Waals surface area (Å²) in [6, 6.07) is 21.0. The Kier molecular flexibility index (Phi) is 3.64. The molecular weight excluding hydrogens is 366 g/mol. The molecule has 1 unspecified atom stereocenters. The Morgan fingerprint density at radius 1 is 0.966 bits per heavy atom. The highest BCUT2D eigenvalue weighted by atomic mass is 16.5. The smallest absolute Gasteiger partial charge is 0.266 e. The van der Waals surface area contributed by atoms with Gasteiger partial charge in [0.05, 0.1) is 7.11 Å².